The number of aromatic nitrogens is 5. The summed E-state index contributed by atoms with van der Waals surface area (Å²) in [4.78, 5) is 0. The summed E-state index contributed by atoms with van der Waals surface area (Å²) in [6.07, 6.45) is 3.94. The fourth-order valence-electron chi connectivity index (χ4n) is 3.42. The van der Waals surface area contributed by atoms with Crippen LogP contribution in [0.5, 0.6) is 0 Å². The van der Waals surface area contributed by atoms with Gasteiger partial charge in [-0.1, -0.05) is 0 Å². The third kappa shape index (κ3) is 3.32. The minimum atomic E-state index is -0.233. The molecule has 1 atom stereocenters. The number of H-pyrrole nitrogens is 1. The van der Waals surface area contributed by atoms with E-state index in [2.05, 4.69) is 30.3 Å². The number of fused-ring (bicyclic) bond motifs is 1. The minimum absolute atomic E-state index is 0.233. The van der Waals surface area contributed by atoms with Crippen molar-refractivity contribution in [1.82, 2.24) is 30.3 Å². The highest BCUT2D eigenvalue weighted by atomic mass is 19.1. The van der Waals surface area contributed by atoms with Gasteiger partial charge in [-0.3, -0.25) is 5.10 Å². The van der Waals surface area contributed by atoms with Crippen LogP contribution in [0.3, 0.4) is 0 Å². The average molecular weight is 340 g/mol. The van der Waals surface area contributed by atoms with Crippen molar-refractivity contribution in [3.8, 4) is 11.3 Å². The standard InChI is InChI=1S/C18H21FN6/c1-12-22-23-17-7-2-13(11-25(12)17)8-20-9-15-10-21-24-18(15)14-3-5-16(19)6-4-14/h3-6,10,13,20H,2,7-9,11H2,1H3,(H,21,24)/t13-/m1/s1. The zero-order chi connectivity index (χ0) is 17.2. The molecule has 1 aliphatic heterocycles. The van der Waals surface area contributed by atoms with Gasteiger partial charge in [-0.2, -0.15) is 5.10 Å². The van der Waals surface area contributed by atoms with Crippen LogP contribution in [-0.2, 0) is 19.5 Å². The second kappa shape index (κ2) is 6.76. The number of rotatable bonds is 5. The van der Waals surface area contributed by atoms with Crippen molar-refractivity contribution >= 4 is 0 Å². The highest BCUT2D eigenvalue weighted by Crippen LogP contribution is 2.22. The van der Waals surface area contributed by atoms with Crippen molar-refractivity contribution in [2.24, 2.45) is 5.92 Å². The van der Waals surface area contributed by atoms with Gasteiger partial charge in [0.25, 0.3) is 0 Å². The van der Waals surface area contributed by atoms with Crippen molar-refractivity contribution in [1.29, 1.82) is 0 Å². The largest absolute Gasteiger partial charge is 0.315 e. The molecule has 130 valence electrons. The fourth-order valence-corrected chi connectivity index (χ4v) is 3.42. The average Bonchev–Trinajstić information content (AvgIpc) is 3.23. The van der Waals surface area contributed by atoms with E-state index in [1.165, 1.54) is 12.1 Å². The lowest BCUT2D eigenvalue weighted by molar-refractivity contribution is 0.344. The molecule has 0 unspecified atom stereocenters. The topological polar surface area (TPSA) is 71.4 Å². The Balaban J connectivity index is 1.36. The molecule has 0 saturated heterocycles. The highest BCUT2D eigenvalue weighted by Gasteiger charge is 2.21. The first-order chi connectivity index (χ1) is 12.2. The molecule has 0 amide bonds. The lowest BCUT2D eigenvalue weighted by Crippen LogP contribution is -2.30. The summed E-state index contributed by atoms with van der Waals surface area (Å²) >= 11 is 0. The third-order valence-corrected chi connectivity index (χ3v) is 4.83. The first kappa shape index (κ1) is 16.0. The molecule has 1 aromatic carbocycles. The molecule has 4 rings (SSSR count). The van der Waals surface area contributed by atoms with Crippen LogP contribution in [0, 0.1) is 18.7 Å². The number of halogens is 1. The van der Waals surface area contributed by atoms with Crippen molar-refractivity contribution < 1.29 is 4.39 Å². The Hall–Kier alpha value is -2.54. The maximum atomic E-state index is 13.1. The van der Waals surface area contributed by atoms with Crippen LogP contribution in [0.1, 0.15) is 23.6 Å². The SMILES string of the molecule is Cc1nnc2n1C[C@@H](CNCc1cn[nH]c1-c1ccc(F)cc1)CC2. The van der Waals surface area contributed by atoms with E-state index in [0.29, 0.717) is 5.92 Å². The fraction of sp³-hybridized carbons (Fsp3) is 0.389. The van der Waals surface area contributed by atoms with Gasteiger partial charge in [0, 0.05) is 30.6 Å². The predicted molar refractivity (Wildman–Crippen MR) is 92.3 cm³/mol. The van der Waals surface area contributed by atoms with Crippen LogP contribution in [0.4, 0.5) is 4.39 Å². The molecular formula is C18H21FN6. The molecule has 1 aliphatic rings. The quantitative estimate of drug-likeness (QED) is 0.748. The van der Waals surface area contributed by atoms with Crippen LogP contribution >= 0.6 is 0 Å². The van der Waals surface area contributed by atoms with E-state index in [1.807, 2.05) is 13.1 Å². The molecule has 2 aromatic heterocycles. The Morgan fingerprint density at radius 2 is 2.12 bits per heavy atom. The lowest BCUT2D eigenvalue weighted by Gasteiger charge is -2.24. The van der Waals surface area contributed by atoms with Gasteiger partial charge in [0.2, 0.25) is 0 Å². The van der Waals surface area contributed by atoms with Crippen molar-refractivity contribution in [2.75, 3.05) is 6.54 Å². The van der Waals surface area contributed by atoms with Crippen molar-refractivity contribution in [3.05, 3.63) is 53.5 Å². The van der Waals surface area contributed by atoms with Crippen LogP contribution < -0.4 is 5.32 Å². The molecule has 0 aliphatic carbocycles. The number of aromatic amines is 1. The summed E-state index contributed by atoms with van der Waals surface area (Å²) in [7, 11) is 0. The van der Waals surface area contributed by atoms with E-state index in [9.17, 15) is 4.39 Å². The monoisotopic (exact) mass is 340 g/mol. The summed E-state index contributed by atoms with van der Waals surface area (Å²) < 4.78 is 15.3. The van der Waals surface area contributed by atoms with Gasteiger partial charge in [-0.05, 0) is 50.1 Å². The Morgan fingerprint density at radius 3 is 2.96 bits per heavy atom. The van der Waals surface area contributed by atoms with E-state index in [4.69, 9.17) is 0 Å². The zero-order valence-corrected chi connectivity index (χ0v) is 14.2. The number of hydrogen-bond donors (Lipinski definition) is 2. The number of aryl methyl sites for hydroxylation is 2. The van der Waals surface area contributed by atoms with E-state index in [1.54, 1.807) is 12.1 Å². The molecule has 6 nitrogen and oxygen atoms in total. The molecule has 0 fully saturated rings. The summed E-state index contributed by atoms with van der Waals surface area (Å²) in [6, 6.07) is 6.47. The maximum Gasteiger partial charge on any atom is 0.133 e. The first-order valence-corrected chi connectivity index (χ1v) is 8.58. The Bertz CT molecular complexity index is 851. The molecule has 25 heavy (non-hydrogen) atoms. The normalized spacial score (nSPS) is 16.8. The third-order valence-electron chi connectivity index (χ3n) is 4.83. The Kier molecular flexibility index (Phi) is 4.31. The Morgan fingerprint density at radius 1 is 1.28 bits per heavy atom. The van der Waals surface area contributed by atoms with Gasteiger partial charge in [0.15, 0.2) is 0 Å². The Labute approximate surface area is 145 Å². The van der Waals surface area contributed by atoms with Gasteiger partial charge in [0.05, 0.1) is 11.9 Å². The maximum absolute atomic E-state index is 13.1. The molecule has 3 aromatic rings. The molecule has 7 heteroatoms. The van der Waals surface area contributed by atoms with Crippen molar-refractivity contribution in [2.45, 2.75) is 32.9 Å². The van der Waals surface area contributed by atoms with E-state index in [0.717, 1.165) is 60.9 Å². The van der Waals surface area contributed by atoms with E-state index >= 15 is 0 Å². The lowest BCUT2D eigenvalue weighted by atomic mass is 9.99. The number of benzene rings is 1. The van der Waals surface area contributed by atoms with E-state index < -0.39 is 0 Å². The first-order valence-electron chi connectivity index (χ1n) is 8.58. The summed E-state index contributed by atoms with van der Waals surface area (Å²) in [5.74, 6) is 2.43. The minimum Gasteiger partial charge on any atom is -0.315 e. The van der Waals surface area contributed by atoms with Gasteiger partial charge in [-0.15, -0.1) is 10.2 Å². The summed E-state index contributed by atoms with van der Waals surface area (Å²) in [5.41, 5.74) is 2.97. The van der Waals surface area contributed by atoms with Crippen LogP contribution in [0.25, 0.3) is 11.3 Å². The van der Waals surface area contributed by atoms with Crippen LogP contribution in [0.15, 0.2) is 30.5 Å². The molecular weight excluding hydrogens is 319 g/mol. The predicted octanol–water partition coefficient (Wildman–Crippen LogP) is 2.47. The number of nitrogens with one attached hydrogen (secondary N) is 2. The number of nitrogens with zero attached hydrogens (tertiary/aromatic N) is 4. The summed E-state index contributed by atoms with van der Waals surface area (Å²) in [6.45, 7) is 4.64. The smallest absolute Gasteiger partial charge is 0.133 e. The van der Waals surface area contributed by atoms with Crippen LogP contribution in [-0.4, -0.2) is 31.5 Å². The van der Waals surface area contributed by atoms with Crippen molar-refractivity contribution in [3.63, 3.8) is 0 Å². The highest BCUT2D eigenvalue weighted by molar-refractivity contribution is 5.62. The summed E-state index contributed by atoms with van der Waals surface area (Å²) in [5, 5.41) is 19.1. The second-order valence-electron chi connectivity index (χ2n) is 6.59. The molecule has 0 spiro atoms. The van der Waals surface area contributed by atoms with Gasteiger partial charge < -0.3 is 9.88 Å². The van der Waals surface area contributed by atoms with E-state index in [-0.39, 0.29) is 5.82 Å². The molecule has 3 heterocycles. The molecule has 0 radical (unpaired) electrons. The van der Waals surface area contributed by atoms with Crippen LogP contribution in [0.2, 0.25) is 0 Å². The second-order valence-corrected chi connectivity index (χ2v) is 6.59. The number of hydrogen-bond acceptors (Lipinski definition) is 4. The van der Waals surface area contributed by atoms with Gasteiger partial charge >= 0.3 is 0 Å². The molecule has 2 N–H and O–H groups in total. The van der Waals surface area contributed by atoms with Gasteiger partial charge in [0.1, 0.15) is 17.5 Å². The van der Waals surface area contributed by atoms with Gasteiger partial charge in [-0.25, -0.2) is 4.39 Å². The zero-order valence-electron chi connectivity index (χ0n) is 14.2. The molecule has 0 bridgehead atoms. The molecule has 0 saturated carbocycles.